The van der Waals surface area contributed by atoms with Crippen molar-refractivity contribution in [1.82, 2.24) is 10.6 Å². The van der Waals surface area contributed by atoms with E-state index in [0.717, 1.165) is 42.1 Å². The normalized spacial score (nSPS) is 24.9. The molecule has 1 saturated heterocycles. The molecule has 192 valence electrons. The van der Waals surface area contributed by atoms with Gasteiger partial charge in [-0.2, -0.15) is 0 Å². The third kappa shape index (κ3) is 6.47. The third-order valence-corrected chi connectivity index (χ3v) is 13.2. The van der Waals surface area contributed by atoms with E-state index in [1.807, 2.05) is 6.07 Å². The minimum atomic E-state index is -4.44. The first-order chi connectivity index (χ1) is 15.6. The van der Waals surface area contributed by atoms with Gasteiger partial charge < -0.3 is 4.74 Å². The molecule has 1 heterocycles. The molecule has 0 radical (unpaired) electrons. The van der Waals surface area contributed by atoms with E-state index in [-0.39, 0.29) is 18.5 Å². The topological polar surface area (TPSA) is 70.6 Å². The molecule has 0 spiro atoms. The van der Waals surface area contributed by atoms with E-state index < -0.39 is 41.1 Å². The molecular weight excluding hydrogens is 552 g/mol. The molecule has 3 N–H and O–H groups in total. The number of carbonyl (C=O) groups excluding carboxylic acids is 1. The Morgan fingerprint density at radius 3 is 2.32 bits per heavy atom. The molecule has 1 aliphatic carbocycles. The summed E-state index contributed by atoms with van der Waals surface area (Å²) in [6, 6.07) is 4.65. The van der Waals surface area contributed by atoms with Gasteiger partial charge >= 0.3 is 187 Å². The van der Waals surface area contributed by atoms with Crippen LogP contribution in [0.15, 0.2) is 18.2 Å². The second-order valence-corrected chi connectivity index (χ2v) is 26.0. The molecule has 9 heteroatoms. The minimum absolute atomic E-state index is 0.00753. The van der Waals surface area contributed by atoms with Gasteiger partial charge in [0, 0.05) is 13.2 Å². The van der Waals surface area contributed by atoms with Crippen LogP contribution in [0, 0.1) is 5.41 Å². The van der Waals surface area contributed by atoms with Crippen LogP contribution in [0.5, 0.6) is 0 Å². The first kappa shape index (κ1) is 27.7. The zero-order chi connectivity index (χ0) is 25.4. The molecule has 0 bridgehead atoms. The maximum atomic E-state index is 13.5. The Kier molecular flexibility index (Phi) is 8.37. The molecule has 1 saturated carbocycles. The summed E-state index contributed by atoms with van der Waals surface area (Å²) in [6.45, 7) is 4.76. The van der Waals surface area contributed by atoms with Gasteiger partial charge in [-0.05, 0) is 0 Å². The number of alkyl halides is 3. The molecule has 2 aliphatic rings. The predicted molar refractivity (Wildman–Crippen MR) is 130 cm³/mol. The van der Waals surface area contributed by atoms with Gasteiger partial charge in [0.25, 0.3) is 0 Å². The Hall–Kier alpha value is -0.841. The molecule has 34 heavy (non-hydrogen) atoms. The predicted octanol–water partition coefficient (Wildman–Crippen LogP) is 3.95. The summed E-state index contributed by atoms with van der Waals surface area (Å²) in [5.41, 5.74) is -2.47. The Morgan fingerprint density at radius 1 is 1.12 bits per heavy atom. The van der Waals surface area contributed by atoms with Gasteiger partial charge in [0.05, 0.1) is 0 Å². The zero-order valence-electron chi connectivity index (χ0n) is 20.9. The Labute approximate surface area is 205 Å². The molecule has 1 amide bonds. The first-order valence-electron chi connectivity index (χ1n) is 12.2. The van der Waals surface area contributed by atoms with Crippen molar-refractivity contribution in [3.63, 3.8) is 0 Å². The van der Waals surface area contributed by atoms with E-state index in [1.54, 1.807) is 13.8 Å². The third-order valence-electron chi connectivity index (χ3n) is 7.45. The van der Waals surface area contributed by atoms with Crippen molar-refractivity contribution in [2.45, 2.75) is 91.2 Å². The summed E-state index contributed by atoms with van der Waals surface area (Å²) in [5, 5.41) is 17.5. The molecular formula is C25H39F3N2O3Sn. The van der Waals surface area contributed by atoms with Gasteiger partial charge in [0.15, 0.2) is 0 Å². The van der Waals surface area contributed by atoms with E-state index in [0.29, 0.717) is 24.4 Å². The van der Waals surface area contributed by atoms with Gasteiger partial charge in [-0.15, -0.1) is 0 Å². The van der Waals surface area contributed by atoms with Crippen molar-refractivity contribution in [1.29, 1.82) is 0 Å². The average molecular weight is 591 g/mol. The van der Waals surface area contributed by atoms with Crippen LogP contribution < -0.4 is 14.2 Å². The van der Waals surface area contributed by atoms with E-state index in [1.165, 1.54) is 6.07 Å². The number of hydrogen-bond acceptors (Lipinski definition) is 4. The van der Waals surface area contributed by atoms with Gasteiger partial charge in [0.1, 0.15) is 0 Å². The molecule has 3 rings (SSSR count). The van der Waals surface area contributed by atoms with Crippen molar-refractivity contribution in [2.75, 3.05) is 13.2 Å². The number of amides is 1. The van der Waals surface area contributed by atoms with Crippen LogP contribution in [0.2, 0.25) is 14.8 Å². The Morgan fingerprint density at radius 2 is 1.76 bits per heavy atom. The van der Waals surface area contributed by atoms with Crippen LogP contribution in [-0.4, -0.2) is 60.3 Å². The second-order valence-electron chi connectivity index (χ2n) is 11.5. The van der Waals surface area contributed by atoms with Crippen molar-refractivity contribution in [3.8, 4) is 0 Å². The van der Waals surface area contributed by atoms with Crippen molar-refractivity contribution in [3.05, 3.63) is 29.3 Å². The van der Waals surface area contributed by atoms with Crippen LogP contribution in [0.1, 0.15) is 57.1 Å². The molecule has 0 unspecified atom stereocenters. The molecule has 5 nitrogen and oxygen atoms in total. The summed E-state index contributed by atoms with van der Waals surface area (Å²) < 4.78 is 46.8. The van der Waals surface area contributed by atoms with Crippen molar-refractivity contribution < 1.29 is 27.8 Å². The van der Waals surface area contributed by atoms with Crippen LogP contribution in [-0.2, 0) is 22.3 Å². The van der Waals surface area contributed by atoms with Gasteiger partial charge in [-0.25, -0.2) is 0 Å². The van der Waals surface area contributed by atoms with E-state index in [4.69, 9.17) is 4.74 Å². The number of hydrogen-bond donors (Lipinski definition) is 3. The summed E-state index contributed by atoms with van der Waals surface area (Å²) in [4.78, 5) is 19.7. The fraction of sp³-hybridized carbons (Fsp3) is 0.720. The van der Waals surface area contributed by atoms with Gasteiger partial charge in [-0.3, -0.25) is 0 Å². The van der Waals surface area contributed by atoms with E-state index in [2.05, 4.69) is 25.5 Å². The summed E-state index contributed by atoms with van der Waals surface area (Å²) in [7, 11) is 0. The van der Waals surface area contributed by atoms with Crippen LogP contribution in [0.3, 0.4) is 0 Å². The van der Waals surface area contributed by atoms with Gasteiger partial charge in [0.2, 0.25) is 0 Å². The quantitative estimate of drug-likeness (QED) is 0.421. The maximum absolute atomic E-state index is 13.5. The first-order valence-corrected chi connectivity index (χ1v) is 22.2. The molecule has 2 atom stereocenters. The molecule has 1 aromatic rings. The molecule has 0 aromatic heterocycles. The number of ether oxygens (including phenoxy) is 1. The fourth-order valence-corrected chi connectivity index (χ4v) is 8.61. The number of carbonyl (C=O) groups is 1. The monoisotopic (exact) mass is 592 g/mol. The van der Waals surface area contributed by atoms with Crippen molar-refractivity contribution >= 4 is 27.9 Å². The van der Waals surface area contributed by atoms with E-state index >= 15 is 0 Å². The summed E-state index contributed by atoms with van der Waals surface area (Å²) in [5.74, 6) is -0.297. The number of halogens is 3. The Balaban J connectivity index is 1.76. The van der Waals surface area contributed by atoms with Crippen LogP contribution >= 0.6 is 0 Å². The summed E-state index contributed by atoms with van der Waals surface area (Å²) >= 11 is -2.79. The molecule has 1 aromatic carbocycles. The number of aliphatic hydroxyl groups is 1. The second kappa shape index (κ2) is 10.3. The standard InChI is InChI=1S/C22H30F3N2O3.3CH3.Sn/c1-20(2,29)21(9-6-18(13-21)27-17-7-10-30-11-8-17)19(28)26-14-15-4-3-5-16(12-15)22(23,24)25;;;;/h4-5,12,17-18,27,29H,6-11,13-14H2,1-2H3,(H,26,28);3*1H3;/t18-,21-;;;;/m1..../s1. The molecule has 2 fully saturated rings. The summed E-state index contributed by atoms with van der Waals surface area (Å²) in [6.07, 6.45) is -0.805. The fourth-order valence-electron chi connectivity index (χ4n) is 5.17. The van der Waals surface area contributed by atoms with Gasteiger partial charge in [-0.1, -0.05) is 0 Å². The SMILES string of the molecule is CC(C)(O)[C@]1(C(=O)NCc2cc(C(F)(F)F)c[c]([Sn]([CH3])([CH3])[CH3])c2)CC[C@@H](NC2CCOCC2)C1. The van der Waals surface area contributed by atoms with Crippen molar-refractivity contribution in [2.24, 2.45) is 5.41 Å². The number of rotatable bonds is 7. The average Bonchev–Trinajstić information content (AvgIpc) is 3.16. The van der Waals surface area contributed by atoms with Crippen LogP contribution in [0.25, 0.3) is 0 Å². The zero-order valence-corrected chi connectivity index (χ0v) is 23.8. The van der Waals surface area contributed by atoms with E-state index in [9.17, 15) is 23.1 Å². The number of nitrogens with one attached hydrogen (secondary N) is 2. The Bertz CT molecular complexity index is 841. The number of benzene rings is 1. The van der Waals surface area contributed by atoms with Crippen LogP contribution in [0.4, 0.5) is 13.2 Å². The molecule has 1 aliphatic heterocycles.